The summed E-state index contributed by atoms with van der Waals surface area (Å²) in [5, 5.41) is 11.8. The van der Waals surface area contributed by atoms with Crippen LogP contribution >= 0.6 is 0 Å². The topological polar surface area (TPSA) is 40.8 Å². The molecule has 0 amide bonds. The van der Waals surface area contributed by atoms with Gasteiger partial charge >= 0.3 is 0 Å². The summed E-state index contributed by atoms with van der Waals surface area (Å²) in [6.07, 6.45) is -0.288. The molecule has 6 rings (SSSR count). The second-order valence-corrected chi connectivity index (χ2v) is 11.2. The fourth-order valence-electron chi connectivity index (χ4n) is 5.42. The van der Waals surface area contributed by atoms with E-state index in [1.807, 2.05) is 88.4 Å². The molecule has 0 radical (unpaired) electrons. The predicted octanol–water partition coefficient (Wildman–Crippen LogP) is 9.03. The normalized spacial score (nSPS) is 12.4. The maximum absolute atomic E-state index is 15.4. The Bertz CT molecular complexity index is 2080. The number of hydrogen-bond donors (Lipinski definition) is 0. The second-order valence-electron chi connectivity index (χ2n) is 11.2. The van der Waals surface area contributed by atoms with Crippen LogP contribution in [0.2, 0.25) is 0 Å². The lowest BCUT2D eigenvalue weighted by molar-refractivity contribution is -0.662. The van der Waals surface area contributed by atoms with Gasteiger partial charge in [-0.2, -0.15) is 9.83 Å². The van der Waals surface area contributed by atoms with Gasteiger partial charge in [-0.1, -0.05) is 81.4 Å². The first-order valence-electron chi connectivity index (χ1n) is 14.3. The number of benzene rings is 4. The van der Waals surface area contributed by atoms with Crippen LogP contribution in [0.4, 0.5) is 4.39 Å². The van der Waals surface area contributed by atoms with Crippen molar-refractivity contribution in [3.05, 3.63) is 114 Å². The summed E-state index contributed by atoms with van der Waals surface area (Å²) in [5.74, 6) is -0.688. The largest absolute Gasteiger partial charge is 0.454 e. The number of aryl methyl sites for hydroxylation is 1. The maximum atomic E-state index is 15.4. The van der Waals surface area contributed by atoms with Crippen molar-refractivity contribution in [2.75, 3.05) is 0 Å². The Hall–Kier alpha value is -4.75. The summed E-state index contributed by atoms with van der Waals surface area (Å²) in [5.41, 5.74) is 6.64. The van der Waals surface area contributed by atoms with Crippen molar-refractivity contribution in [2.45, 2.75) is 33.1 Å². The van der Waals surface area contributed by atoms with Gasteiger partial charge in [-0.05, 0) is 52.8 Å². The van der Waals surface area contributed by atoms with Crippen LogP contribution in [0, 0.1) is 24.1 Å². The fourth-order valence-corrected chi connectivity index (χ4v) is 5.42. The van der Waals surface area contributed by atoms with Gasteiger partial charge in [0.05, 0.1) is 18.6 Å². The Morgan fingerprint density at radius 2 is 1.50 bits per heavy atom. The Morgan fingerprint density at radius 3 is 2.20 bits per heavy atom. The number of rotatable bonds is 3. The van der Waals surface area contributed by atoms with Crippen molar-refractivity contribution < 1.29 is 16.1 Å². The number of hydrogen-bond acceptors (Lipinski definition) is 2. The third kappa shape index (κ3) is 4.15. The summed E-state index contributed by atoms with van der Waals surface area (Å²) in [7, 11) is 1.61. The van der Waals surface area contributed by atoms with Gasteiger partial charge in [-0.25, -0.2) is 4.39 Å². The quantitative estimate of drug-likeness (QED) is 0.215. The highest BCUT2D eigenvalue weighted by Crippen LogP contribution is 2.43. The lowest BCUT2D eigenvalue weighted by Crippen LogP contribution is -2.33. The highest BCUT2D eigenvalue weighted by atomic mass is 19.1. The molecule has 4 heteroatoms. The van der Waals surface area contributed by atoms with E-state index in [0.29, 0.717) is 33.6 Å². The van der Waals surface area contributed by atoms with Crippen molar-refractivity contribution in [3.63, 3.8) is 0 Å². The third-order valence-electron chi connectivity index (χ3n) is 7.45. The fraction of sp³-hybridized carbons (Fsp3) is 0.167. The molecule has 0 saturated carbocycles. The van der Waals surface area contributed by atoms with E-state index < -0.39 is 11.2 Å². The first-order chi connectivity index (χ1) is 20.0. The SMILES string of the molecule is [2H]c1c(C(C)(C)C)c(F)c([2H])[n+](C)c1-c1c(C)ccc2c1oc1c(-c3cccc(-c4ccccc4)c3)c(C#N)ccc12. The average Bonchev–Trinajstić information content (AvgIpc) is 3.35. The molecule has 0 aliphatic rings. The van der Waals surface area contributed by atoms with E-state index >= 15 is 4.39 Å². The van der Waals surface area contributed by atoms with E-state index in [-0.39, 0.29) is 17.8 Å². The van der Waals surface area contributed by atoms with E-state index in [4.69, 9.17) is 7.16 Å². The molecular weight excluding hydrogens is 495 g/mol. The minimum Gasteiger partial charge on any atom is -0.454 e. The molecule has 0 N–H and O–H groups in total. The van der Waals surface area contributed by atoms with E-state index in [9.17, 15) is 5.26 Å². The summed E-state index contributed by atoms with van der Waals surface area (Å²) in [6, 6.07) is 28.2. The average molecular weight is 528 g/mol. The monoisotopic (exact) mass is 527 g/mol. The zero-order chi connectivity index (χ0) is 29.9. The summed E-state index contributed by atoms with van der Waals surface area (Å²) >= 11 is 0. The molecule has 40 heavy (non-hydrogen) atoms. The van der Waals surface area contributed by atoms with Gasteiger partial charge in [0, 0.05) is 27.9 Å². The van der Waals surface area contributed by atoms with Crippen LogP contribution in [0.5, 0.6) is 0 Å². The van der Waals surface area contributed by atoms with Gasteiger partial charge in [0.2, 0.25) is 11.9 Å². The zero-order valence-electron chi connectivity index (χ0n) is 25.2. The van der Waals surface area contributed by atoms with Gasteiger partial charge < -0.3 is 4.42 Å². The van der Waals surface area contributed by atoms with Crippen LogP contribution in [0.3, 0.4) is 0 Å². The van der Waals surface area contributed by atoms with E-state index in [1.165, 1.54) is 4.57 Å². The molecule has 2 aromatic heterocycles. The zero-order valence-corrected chi connectivity index (χ0v) is 23.2. The van der Waals surface area contributed by atoms with E-state index in [2.05, 4.69) is 24.3 Å². The first-order valence-corrected chi connectivity index (χ1v) is 13.3. The molecule has 0 unspecified atom stereocenters. The van der Waals surface area contributed by atoms with E-state index in [1.54, 1.807) is 7.05 Å². The Balaban J connectivity index is 1.70. The van der Waals surface area contributed by atoms with Crippen LogP contribution in [0.15, 0.2) is 95.5 Å². The van der Waals surface area contributed by atoms with Crippen LogP contribution in [0.25, 0.3) is 55.4 Å². The molecule has 0 spiro atoms. The molecule has 0 atom stereocenters. The molecule has 196 valence electrons. The van der Waals surface area contributed by atoms with Crippen molar-refractivity contribution >= 4 is 21.9 Å². The number of furan rings is 1. The molecule has 0 bridgehead atoms. The Labute approximate surface area is 236 Å². The molecule has 3 nitrogen and oxygen atoms in total. The number of pyridine rings is 1. The van der Waals surface area contributed by atoms with Gasteiger partial charge in [-0.3, -0.25) is 0 Å². The number of fused-ring (bicyclic) bond motifs is 3. The highest BCUT2D eigenvalue weighted by Gasteiger charge is 2.28. The Kier molecular flexibility index (Phi) is 5.48. The summed E-state index contributed by atoms with van der Waals surface area (Å²) < 4.78 is 41.2. The molecule has 0 saturated heterocycles. The van der Waals surface area contributed by atoms with Crippen molar-refractivity contribution in [1.82, 2.24) is 0 Å². The summed E-state index contributed by atoms with van der Waals surface area (Å²) in [4.78, 5) is 0. The van der Waals surface area contributed by atoms with Crippen LogP contribution in [-0.4, -0.2) is 0 Å². The van der Waals surface area contributed by atoms with Crippen LogP contribution in [-0.2, 0) is 12.5 Å². The van der Waals surface area contributed by atoms with Crippen LogP contribution < -0.4 is 4.57 Å². The smallest absolute Gasteiger partial charge is 0.216 e. The molecule has 0 fully saturated rings. The Morgan fingerprint density at radius 1 is 0.850 bits per heavy atom. The van der Waals surface area contributed by atoms with Gasteiger partial charge in [0.15, 0.2) is 5.82 Å². The lowest BCUT2D eigenvalue weighted by atomic mass is 9.86. The molecular formula is C36H30FN2O+. The molecule has 4 aromatic carbocycles. The van der Waals surface area contributed by atoms with Gasteiger partial charge in [0.1, 0.15) is 19.6 Å². The number of aromatic nitrogens is 1. The highest BCUT2D eigenvalue weighted by molar-refractivity contribution is 6.14. The molecule has 0 aliphatic carbocycles. The van der Waals surface area contributed by atoms with Gasteiger partial charge in [0.25, 0.3) is 0 Å². The summed E-state index contributed by atoms with van der Waals surface area (Å²) in [6.45, 7) is 7.47. The predicted molar refractivity (Wildman–Crippen MR) is 159 cm³/mol. The third-order valence-corrected chi connectivity index (χ3v) is 7.45. The van der Waals surface area contributed by atoms with Crippen molar-refractivity contribution in [3.8, 4) is 39.6 Å². The minimum absolute atomic E-state index is 0.0306. The standard InChI is InChI=1S/C36H30FN2O/c1-22-14-16-27-28-17-15-26(20-38)33(25-13-9-12-24(18-25)23-10-7-6-8-11-23)35(28)40-34(27)32(22)31-19-29(36(2,3)4)30(37)21-39(31)5/h6-19,21H,1-5H3/q+1/i19D,21D. The number of nitriles is 1. The number of halogens is 1. The molecule has 2 heterocycles. The minimum atomic E-state index is -0.688. The maximum Gasteiger partial charge on any atom is 0.216 e. The van der Waals surface area contributed by atoms with Crippen molar-refractivity contribution in [2.24, 2.45) is 7.05 Å². The first kappa shape index (κ1) is 23.2. The van der Waals surface area contributed by atoms with Gasteiger partial charge in [-0.15, -0.1) is 0 Å². The van der Waals surface area contributed by atoms with Crippen molar-refractivity contribution in [1.29, 1.82) is 5.26 Å². The molecule has 0 aliphatic heterocycles. The second kappa shape index (κ2) is 9.47. The van der Waals surface area contributed by atoms with Crippen LogP contribution in [0.1, 0.15) is 40.2 Å². The molecule has 6 aromatic rings. The lowest BCUT2D eigenvalue weighted by Gasteiger charge is -2.19. The van der Waals surface area contributed by atoms with E-state index in [0.717, 1.165) is 33.0 Å². The number of nitrogens with zero attached hydrogens (tertiary/aromatic N) is 2.